The molecule has 119 heavy (non-hydrogen) atoms. The fourth-order valence-electron chi connectivity index (χ4n) is 6.49. The van der Waals surface area contributed by atoms with E-state index in [4.69, 9.17) is 112 Å². The number of rotatable bonds is 40. The minimum atomic E-state index is -1.79. The highest BCUT2D eigenvalue weighted by molar-refractivity contribution is 7.44. The normalized spacial score (nSPS) is 13.4. The van der Waals surface area contributed by atoms with Crippen molar-refractivity contribution >= 4 is 41.8 Å². The first-order valence-corrected chi connectivity index (χ1v) is 48.6. The van der Waals surface area contributed by atoms with Crippen LogP contribution in [0.2, 0.25) is 60.9 Å². The van der Waals surface area contributed by atoms with E-state index in [-0.39, 0.29) is 171 Å². The van der Waals surface area contributed by atoms with E-state index in [1.54, 1.807) is 0 Å². The minimum absolute atomic E-state index is 0. The van der Waals surface area contributed by atoms with Crippen molar-refractivity contribution in [3.63, 3.8) is 0 Å². The van der Waals surface area contributed by atoms with E-state index in [2.05, 4.69) is 222 Å². The first-order valence-electron chi connectivity index (χ1n) is 43.4. The molecule has 0 spiro atoms. The van der Waals surface area contributed by atoms with Gasteiger partial charge in [-0.05, 0) is 135 Å². The molecule has 0 fully saturated rings. The van der Waals surface area contributed by atoms with Crippen LogP contribution in [0, 0.1) is 55.9 Å². The molecule has 2 aromatic rings. The van der Waals surface area contributed by atoms with Crippen molar-refractivity contribution in [2.45, 2.75) is 346 Å². The van der Waals surface area contributed by atoms with Crippen LogP contribution in [0.5, 0.6) is 0 Å². The van der Waals surface area contributed by atoms with Gasteiger partial charge in [-0.3, -0.25) is 0 Å². The highest BCUT2D eigenvalue weighted by atomic mass is 31.2. The molecule has 2 aromatic carbocycles. The van der Waals surface area contributed by atoms with Gasteiger partial charge in [0.1, 0.15) is 32.5 Å². The number of aliphatic hydroxyl groups is 9. The summed E-state index contributed by atoms with van der Waals surface area (Å²) in [5.41, 5.74) is 2.18. The topological polar surface area (TPSA) is 294 Å². The second-order valence-corrected chi connectivity index (χ2v) is 48.6. The maximum atomic E-state index is 9.93. The molecule has 716 valence electrons. The van der Waals surface area contributed by atoms with E-state index in [1.807, 2.05) is 60.7 Å². The van der Waals surface area contributed by atoms with Gasteiger partial charge in [0, 0.05) is 75.3 Å². The Morgan fingerprint density at radius 2 is 0.790 bits per heavy atom. The Labute approximate surface area is 757 Å². The van der Waals surface area contributed by atoms with E-state index < -0.39 is 66.2 Å². The third-order valence-electron chi connectivity index (χ3n) is 15.7. The van der Waals surface area contributed by atoms with Crippen LogP contribution >= 0.6 is 17.1 Å². The average molecular weight is 1810 g/mol. The fourth-order valence-corrected chi connectivity index (χ4v) is 11.8. The van der Waals surface area contributed by atoms with Gasteiger partial charge < -0.3 is 101 Å². The van der Waals surface area contributed by atoms with Crippen LogP contribution in [0.3, 0.4) is 0 Å². The Bertz CT molecular complexity index is 2640. The number of benzene rings is 2. The Hall–Kier alpha value is -3.20. The van der Waals surface area contributed by atoms with E-state index in [0.717, 1.165) is 11.1 Å². The van der Waals surface area contributed by atoms with Crippen molar-refractivity contribution in [2.75, 3.05) is 121 Å². The van der Waals surface area contributed by atoms with Crippen molar-refractivity contribution in [3.05, 3.63) is 83.2 Å². The largest absolute Gasteiger partial charge is 0.414 e. The van der Waals surface area contributed by atoms with Crippen molar-refractivity contribution in [1.82, 2.24) is 9.34 Å². The molecule has 0 aliphatic carbocycles. The monoisotopic (exact) mass is 1810 g/mol. The lowest BCUT2D eigenvalue weighted by Crippen LogP contribution is -2.43. The molecular weight excluding hydrogens is 1600 g/mol. The maximum Gasteiger partial charge on any atom is 0.259 e. The van der Waals surface area contributed by atoms with Gasteiger partial charge in [-0.2, -0.15) is 0 Å². The molecule has 23 nitrogen and oxygen atoms in total. The Morgan fingerprint density at radius 3 is 1.05 bits per heavy atom. The molecule has 0 aliphatic heterocycles. The standard InChI is InChI=1S/C16H28NO3P.C16H28O3Si.C15H27N2O3P.C10H14O3.C9H22O2Si.C7H18Si.C6H10O2.4CH4O.8CH4/c1-8-10-12-19-21(17(14(3)4)15(5)6)20-13-16(7)18-11-9-2;1-16(2,3)20(4,5)19-13-15(17)12-18-11-14-9-7-6-8-10-14;1-8-10-18-15(6)12-20-21(19-11-9-16-7)17(13(2)3)14(4)5;11-6-10(12)8-13-7-9-4-2-1-3-5-9;1-8(10)7-11-12(5,6)9(2,3)4;1-7(2,3)8(4,5)6;1-3-4-8-6(2)5-7;4*1-2;;;;;;;;/h1-2,14-16H,10-13H2,3-7H3;6-10,15,17H,11-13H2,1-5H3;1,13-15H,9-12H2,2-6H3;1-5,10-12H,6-8H2;8,10H,7H2,1-6H3;1-6H3;1,6-7H,4-5H2,2H3;4*2H,1H3;8*1H4/t16-,21?;15-;15-,21?;10-;8-;;6-;;;;;;;;;;;;/m00010.0............/s1/i7D;;6D;;1D;;2D;4*2T;1T;1D;;;;;;. The van der Waals surface area contributed by atoms with Gasteiger partial charge in [0.05, 0.1) is 103 Å². The second-order valence-electron chi connectivity index (χ2n) is 30.1. The van der Waals surface area contributed by atoms with E-state index in [0.29, 0.717) is 64.3 Å². The zero-order chi connectivity index (χ0) is 98.3. The fraction of sp³-hybridized carbons (Fsp3) is 0.769. The lowest BCUT2D eigenvalue weighted by molar-refractivity contribution is 0.0000253. The van der Waals surface area contributed by atoms with Crippen LogP contribution in [-0.2, 0) is 63.8 Å². The lowest BCUT2D eigenvalue weighted by Gasteiger charge is -2.36. The SMILES string of the molecule is C.C.C.C.C.C.CC(C)(C)[Si](C)(C)C.CC(C)(C)[Si](C)(C)OC[C@@H](O)COCc1ccccc1.OC[C@@H](O)COCc1ccccc1.[2H]C.[2H]C[C@@H](CO)OCC#C.[2H]C[C@@H](COP(OCCC#C)N(C(C)C)C(C)C)OCC#C.[2H]C[C@@H](COP(OCC[N+]#[C-])N(C(C)C)C(C)C)OCC#C.[2H]C[C@H](O)CO[Si](C)(C)C(C)(C)C.[3H]C.[3H]OC.[3H]OC.[3H]OC.[3H]OC. The first-order chi connectivity index (χ1) is 57.4. The highest BCUT2D eigenvalue weighted by Gasteiger charge is 2.39. The quantitative estimate of drug-likeness (QED) is 0.00985. The van der Waals surface area contributed by atoms with Crippen LogP contribution in [0.1, 0.15) is 230 Å². The number of aliphatic hydroxyl groups excluding tert-OH is 9. The average Bonchev–Trinajstić information content (AvgIpc) is 0.856. The van der Waals surface area contributed by atoms with Gasteiger partial charge in [0.25, 0.3) is 17.1 Å². The summed E-state index contributed by atoms with van der Waals surface area (Å²) in [4.78, 5) is 3.29. The molecule has 0 saturated heterocycles. The molecule has 0 aliphatic rings. The summed E-state index contributed by atoms with van der Waals surface area (Å²) in [7, 11) is 0.756. The Morgan fingerprint density at radius 1 is 0.479 bits per heavy atom. The predicted octanol–water partition coefficient (Wildman–Crippen LogP) is 19.9. The van der Waals surface area contributed by atoms with Crippen molar-refractivity contribution in [3.8, 4) is 49.4 Å². The number of hydrogen-bond donors (Lipinski definition) is 9. The Balaban J connectivity index is -0.0000000743. The van der Waals surface area contributed by atoms with E-state index in [1.165, 1.54) is 43.2 Å². The molecule has 0 aromatic heterocycles. The maximum absolute atomic E-state index is 9.93. The summed E-state index contributed by atoms with van der Waals surface area (Å²) >= 11 is 0. The van der Waals surface area contributed by atoms with Gasteiger partial charge in [-0.25, -0.2) is 15.9 Å². The van der Waals surface area contributed by atoms with Gasteiger partial charge in [-0.1, -0.05) is 220 Å². The molecule has 8 atom stereocenters. The summed E-state index contributed by atoms with van der Waals surface area (Å²) in [6, 6.07) is 20.7. The van der Waals surface area contributed by atoms with Crippen LogP contribution in [0.4, 0.5) is 0 Å². The summed E-state index contributed by atoms with van der Waals surface area (Å²) in [6.07, 6.45) is 17.9. The van der Waals surface area contributed by atoms with Crippen molar-refractivity contribution in [1.29, 1.82) is 5.72 Å². The molecule has 0 heterocycles. The minimum Gasteiger partial charge on any atom is -0.414 e. The first kappa shape index (κ1) is 129. The molecule has 28 heteroatoms. The summed E-state index contributed by atoms with van der Waals surface area (Å²) in [5.74, 6) is 9.60. The molecule has 0 radical (unpaired) electrons. The zero-order valence-electron chi connectivity index (χ0n) is 85.8. The zero-order valence-corrected chi connectivity index (χ0v) is 80.6. The lowest BCUT2D eigenvalue weighted by atomic mass is 10.2. The molecule has 2 rings (SSSR count). The molecule has 0 bridgehead atoms. The molecule has 9 N–H and O–H groups in total. The number of hydrogen-bond acceptors (Lipinski definition) is 22. The van der Waals surface area contributed by atoms with E-state index in [9.17, 15) is 10.2 Å². The smallest absolute Gasteiger partial charge is 0.259 e. The third-order valence-corrected chi connectivity index (χ3v) is 33.3. The summed E-state index contributed by atoms with van der Waals surface area (Å²) < 4.78 is 129. The van der Waals surface area contributed by atoms with Crippen LogP contribution in [0.25, 0.3) is 4.85 Å². The third kappa shape index (κ3) is 95.3. The second kappa shape index (κ2) is 97.0. The molecular formula is C91H195N3O20P2Si3. The predicted molar refractivity (Wildman–Crippen MR) is 525 cm³/mol. The summed E-state index contributed by atoms with van der Waals surface area (Å²) in [6.45, 7) is 63.6. The number of terminal acetylenes is 4. The number of ether oxygens (including phenoxy) is 5. The van der Waals surface area contributed by atoms with Gasteiger partial charge in [0.15, 0.2) is 16.6 Å². The van der Waals surface area contributed by atoms with Crippen LogP contribution in [-0.4, -0.2) is 267 Å². The van der Waals surface area contributed by atoms with Crippen molar-refractivity contribution in [2.24, 2.45) is 0 Å². The molecule has 0 amide bonds. The van der Waals surface area contributed by atoms with Crippen LogP contribution in [0.15, 0.2) is 60.7 Å². The summed E-state index contributed by atoms with van der Waals surface area (Å²) in [5, 5.41) is 59.9. The van der Waals surface area contributed by atoms with Gasteiger partial charge in [-0.15, -0.1) is 31.6 Å². The Kier molecular flexibility index (Phi) is 105. The number of nitrogens with zero attached hydrogens (tertiary/aromatic N) is 3. The molecule has 2 unspecified atom stereocenters. The highest BCUT2D eigenvalue weighted by Crippen LogP contribution is 2.47. The van der Waals surface area contributed by atoms with Crippen molar-refractivity contribution < 1.29 is 105 Å². The van der Waals surface area contributed by atoms with Gasteiger partial charge in [0.2, 0.25) is 12.3 Å². The van der Waals surface area contributed by atoms with E-state index >= 15 is 0 Å². The van der Waals surface area contributed by atoms with Gasteiger partial charge >= 0.3 is 0 Å². The molecule has 0 saturated carbocycles. The van der Waals surface area contributed by atoms with Crippen LogP contribution < -0.4 is 0 Å².